The molecule has 1 N–H and O–H groups in total. The standard InChI is InChI=1S/C23H32N2O5S/c1-17(2)21-8-6-7-9-22(21)29-15-14-24-23(26)16-25(31(5,27)28)19-10-12-20(13-11-19)30-18(3)4/h6-13,17-18H,14-16H2,1-5H3,(H,24,26). The SMILES string of the molecule is CC(C)Oc1ccc(N(CC(=O)NCCOc2ccccc2C(C)C)S(C)(=O)=O)cc1. The molecule has 0 aliphatic carbocycles. The normalized spacial score (nSPS) is 11.5. The van der Waals surface area contributed by atoms with Gasteiger partial charge in [-0.05, 0) is 55.7 Å². The summed E-state index contributed by atoms with van der Waals surface area (Å²) in [6, 6.07) is 14.4. The predicted molar refractivity (Wildman–Crippen MR) is 123 cm³/mol. The quantitative estimate of drug-likeness (QED) is 0.532. The van der Waals surface area contributed by atoms with Gasteiger partial charge in [-0.2, -0.15) is 0 Å². The molecule has 0 bridgehead atoms. The summed E-state index contributed by atoms with van der Waals surface area (Å²) in [5.41, 5.74) is 1.50. The number of ether oxygens (including phenoxy) is 2. The molecule has 0 atom stereocenters. The Kier molecular flexibility index (Phi) is 8.74. The van der Waals surface area contributed by atoms with Crippen molar-refractivity contribution < 1.29 is 22.7 Å². The summed E-state index contributed by atoms with van der Waals surface area (Å²) in [6.45, 7) is 8.24. The van der Waals surface area contributed by atoms with Crippen LogP contribution in [-0.4, -0.2) is 46.4 Å². The van der Waals surface area contributed by atoms with Crippen LogP contribution in [0.15, 0.2) is 48.5 Å². The Morgan fingerprint density at radius 3 is 2.26 bits per heavy atom. The molecular weight excluding hydrogens is 416 g/mol. The minimum Gasteiger partial charge on any atom is -0.491 e. The van der Waals surface area contributed by atoms with E-state index in [4.69, 9.17) is 9.47 Å². The van der Waals surface area contributed by atoms with Crippen molar-refractivity contribution in [2.75, 3.05) is 30.3 Å². The Morgan fingerprint density at radius 1 is 1.03 bits per heavy atom. The van der Waals surface area contributed by atoms with E-state index >= 15 is 0 Å². The molecule has 0 spiro atoms. The molecule has 0 heterocycles. The molecule has 0 aromatic heterocycles. The van der Waals surface area contributed by atoms with E-state index in [1.54, 1.807) is 24.3 Å². The number of hydrogen-bond acceptors (Lipinski definition) is 5. The number of carbonyl (C=O) groups is 1. The van der Waals surface area contributed by atoms with Gasteiger partial charge in [0, 0.05) is 0 Å². The third-order valence-electron chi connectivity index (χ3n) is 4.41. The lowest BCUT2D eigenvalue weighted by atomic mass is 10.0. The van der Waals surface area contributed by atoms with Gasteiger partial charge in [-0.25, -0.2) is 8.42 Å². The first-order valence-corrected chi connectivity index (χ1v) is 12.2. The molecule has 0 aliphatic heterocycles. The maximum Gasteiger partial charge on any atom is 0.240 e. The molecule has 0 saturated heterocycles. The highest BCUT2D eigenvalue weighted by molar-refractivity contribution is 7.92. The topological polar surface area (TPSA) is 84.9 Å². The minimum atomic E-state index is -3.64. The second-order valence-corrected chi connectivity index (χ2v) is 9.73. The lowest BCUT2D eigenvalue weighted by Crippen LogP contribution is -2.41. The Labute approximate surface area is 185 Å². The van der Waals surface area contributed by atoms with Gasteiger partial charge in [-0.15, -0.1) is 0 Å². The van der Waals surface area contributed by atoms with Crippen molar-refractivity contribution in [3.8, 4) is 11.5 Å². The fraction of sp³-hybridized carbons (Fsp3) is 0.435. The molecule has 2 aromatic rings. The van der Waals surface area contributed by atoms with Gasteiger partial charge in [-0.3, -0.25) is 9.10 Å². The minimum absolute atomic E-state index is 0.0114. The van der Waals surface area contributed by atoms with Gasteiger partial charge in [0.1, 0.15) is 24.7 Å². The highest BCUT2D eigenvalue weighted by atomic mass is 32.2. The maximum absolute atomic E-state index is 12.4. The van der Waals surface area contributed by atoms with Crippen LogP contribution in [-0.2, 0) is 14.8 Å². The van der Waals surface area contributed by atoms with Crippen molar-refractivity contribution >= 4 is 21.6 Å². The molecule has 2 rings (SSSR count). The number of carbonyl (C=O) groups excluding carboxylic acids is 1. The molecule has 2 aromatic carbocycles. The average Bonchev–Trinajstić information content (AvgIpc) is 2.69. The second kappa shape index (κ2) is 11.0. The number of anilines is 1. The van der Waals surface area contributed by atoms with Crippen LogP contribution in [0, 0.1) is 0 Å². The average molecular weight is 449 g/mol. The first-order valence-electron chi connectivity index (χ1n) is 10.3. The second-order valence-electron chi connectivity index (χ2n) is 7.82. The molecule has 1 amide bonds. The zero-order valence-electron chi connectivity index (χ0n) is 18.8. The van der Waals surface area contributed by atoms with E-state index in [1.165, 1.54) is 0 Å². The van der Waals surface area contributed by atoms with Crippen LogP contribution in [0.5, 0.6) is 11.5 Å². The number of sulfonamides is 1. The van der Waals surface area contributed by atoms with E-state index in [1.807, 2.05) is 38.1 Å². The summed E-state index contributed by atoms with van der Waals surface area (Å²) in [5, 5.41) is 2.72. The fourth-order valence-corrected chi connectivity index (χ4v) is 3.85. The van der Waals surface area contributed by atoms with Gasteiger partial charge >= 0.3 is 0 Å². The van der Waals surface area contributed by atoms with Crippen molar-refractivity contribution in [2.45, 2.75) is 39.7 Å². The molecule has 0 radical (unpaired) electrons. The predicted octanol–water partition coefficient (Wildman–Crippen LogP) is 3.56. The number of para-hydroxylation sites is 1. The Morgan fingerprint density at radius 2 is 1.68 bits per heavy atom. The largest absolute Gasteiger partial charge is 0.491 e. The Bertz CT molecular complexity index is 956. The summed E-state index contributed by atoms with van der Waals surface area (Å²) in [6.07, 6.45) is 1.09. The molecule has 0 saturated carbocycles. The third kappa shape index (κ3) is 7.79. The first-order chi connectivity index (χ1) is 14.6. The third-order valence-corrected chi connectivity index (χ3v) is 5.55. The molecule has 0 unspecified atom stereocenters. The van der Waals surface area contributed by atoms with E-state index in [2.05, 4.69) is 19.2 Å². The van der Waals surface area contributed by atoms with Gasteiger partial charge in [0.15, 0.2) is 0 Å². The van der Waals surface area contributed by atoms with Crippen LogP contribution in [0.3, 0.4) is 0 Å². The maximum atomic E-state index is 12.4. The summed E-state index contributed by atoms with van der Waals surface area (Å²) < 4.78 is 36.9. The highest BCUT2D eigenvalue weighted by Crippen LogP contribution is 2.25. The van der Waals surface area contributed by atoms with E-state index in [-0.39, 0.29) is 25.8 Å². The zero-order valence-corrected chi connectivity index (χ0v) is 19.6. The van der Waals surface area contributed by atoms with Crippen molar-refractivity contribution in [3.05, 3.63) is 54.1 Å². The molecule has 170 valence electrons. The lowest BCUT2D eigenvalue weighted by molar-refractivity contribution is -0.119. The van der Waals surface area contributed by atoms with Crippen LogP contribution < -0.4 is 19.1 Å². The Balaban J connectivity index is 1.93. The number of amides is 1. The monoisotopic (exact) mass is 448 g/mol. The van der Waals surface area contributed by atoms with Gasteiger partial charge in [-0.1, -0.05) is 32.0 Å². The summed E-state index contributed by atoms with van der Waals surface area (Å²) in [5.74, 6) is 1.34. The lowest BCUT2D eigenvalue weighted by Gasteiger charge is -2.22. The molecule has 31 heavy (non-hydrogen) atoms. The van der Waals surface area contributed by atoms with Crippen LogP contribution in [0.2, 0.25) is 0 Å². The fourth-order valence-electron chi connectivity index (χ4n) is 2.99. The van der Waals surface area contributed by atoms with Crippen molar-refractivity contribution in [1.82, 2.24) is 5.32 Å². The summed E-state index contributed by atoms with van der Waals surface area (Å²) in [7, 11) is -3.64. The molecule has 0 aliphatic rings. The van der Waals surface area contributed by atoms with Gasteiger partial charge in [0.05, 0.1) is 24.6 Å². The van der Waals surface area contributed by atoms with Gasteiger partial charge in [0.25, 0.3) is 0 Å². The highest BCUT2D eigenvalue weighted by Gasteiger charge is 2.21. The van der Waals surface area contributed by atoms with Gasteiger partial charge in [0.2, 0.25) is 15.9 Å². The molecular formula is C23H32N2O5S. The summed E-state index contributed by atoms with van der Waals surface area (Å²) in [4.78, 5) is 12.4. The van der Waals surface area contributed by atoms with E-state index in [0.717, 1.165) is 21.9 Å². The van der Waals surface area contributed by atoms with Gasteiger partial charge < -0.3 is 14.8 Å². The van der Waals surface area contributed by atoms with E-state index in [0.29, 0.717) is 17.4 Å². The van der Waals surface area contributed by atoms with Crippen LogP contribution in [0.4, 0.5) is 5.69 Å². The van der Waals surface area contributed by atoms with Crippen molar-refractivity contribution in [1.29, 1.82) is 0 Å². The van der Waals surface area contributed by atoms with Crippen LogP contribution >= 0.6 is 0 Å². The van der Waals surface area contributed by atoms with Crippen LogP contribution in [0.25, 0.3) is 0 Å². The number of benzene rings is 2. The molecule has 0 fully saturated rings. The number of nitrogens with one attached hydrogen (secondary N) is 1. The van der Waals surface area contributed by atoms with Crippen molar-refractivity contribution in [3.63, 3.8) is 0 Å². The smallest absolute Gasteiger partial charge is 0.240 e. The molecule has 8 heteroatoms. The Hall–Kier alpha value is -2.74. The summed E-state index contributed by atoms with van der Waals surface area (Å²) >= 11 is 0. The van der Waals surface area contributed by atoms with E-state index < -0.39 is 15.9 Å². The number of hydrogen-bond donors (Lipinski definition) is 1. The van der Waals surface area contributed by atoms with E-state index in [9.17, 15) is 13.2 Å². The van der Waals surface area contributed by atoms with Crippen molar-refractivity contribution in [2.24, 2.45) is 0 Å². The first kappa shape index (κ1) is 24.5. The zero-order chi connectivity index (χ0) is 23.0. The number of rotatable bonds is 11. The molecule has 7 nitrogen and oxygen atoms in total. The number of nitrogens with zero attached hydrogens (tertiary/aromatic N) is 1. The van der Waals surface area contributed by atoms with Crippen LogP contribution in [0.1, 0.15) is 39.2 Å².